The lowest BCUT2D eigenvalue weighted by Gasteiger charge is -2.09. The fraction of sp³-hybridized carbons (Fsp3) is 0.0400. The number of benzene rings is 3. The van der Waals surface area contributed by atoms with Crippen LogP contribution in [-0.2, 0) is 0 Å². The van der Waals surface area contributed by atoms with E-state index >= 15 is 0 Å². The topological polar surface area (TPSA) is 89.9 Å². The van der Waals surface area contributed by atoms with E-state index < -0.39 is 11.3 Å². The molecule has 0 spiro atoms. The van der Waals surface area contributed by atoms with Gasteiger partial charge in [0.2, 0.25) is 0 Å². The molecule has 5 aromatic rings. The lowest BCUT2D eigenvalue weighted by atomic mass is 9.98. The summed E-state index contributed by atoms with van der Waals surface area (Å²) in [7, 11) is 1.59. The van der Waals surface area contributed by atoms with E-state index in [0.29, 0.717) is 44.4 Å². The van der Waals surface area contributed by atoms with Crippen LogP contribution < -0.4 is 16.0 Å². The fourth-order valence-corrected chi connectivity index (χ4v) is 3.64. The molecular weight excluding hydrogens is 396 g/mol. The molecule has 152 valence electrons. The Labute approximate surface area is 175 Å². The lowest BCUT2D eigenvalue weighted by Crippen LogP contribution is -2.03. The monoisotopic (exact) mass is 412 g/mol. The molecule has 0 saturated heterocycles. The van der Waals surface area contributed by atoms with Gasteiger partial charge < -0.3 is 18.7 Å². The number of hydrogen-bond acceptors (Lipinski definition) is 6. The van der Waals surface area contributed by atoms with Crippen molar-refractivity contribution in [3.63, 3.8) is 0 Å². The Kier molecular flexibility index (Phi) is 4.33. The molecule has 6 heteroatoms. The first-order valence-electron chi connectivity index (χ1n) is 9.51. The van der Waals surface area contributed by atoms with Crippen molar-refractivity contribution in [1.29, 1.82) is 0 Å². The van der Waals surface area contributed by atoms with Gasteiger partial charge in [0, 0.05) is 22.9 Å². The van der Waals surface area contributed by atoms with Gasteiger partial charge in [0.15, 0.2) is 0 Å². The minimum atomic E-state index is -0.527. The molecule has 0 fully saturated rings. The van der Waals surface area contributed by atoms with Crippen molar-refractivity contribution >= 4 is 21.9 Å². The molecule has 0 unspecified atom stereocenters. The van der Waals surface area contributed by atoms with Crippen LogP contribution in [0.15, 0.2) is 91.2 Å². The minimum absolute atomic E-state index is 0.0215. The number of phenolic OH excluding ortho intramolecular Hbond substituents is 1. The first-order valence-corrected chi connectivity index (χ1v) is 9.51. The van der Waals surface area contributed by atoms with Crippen LogP contribution in [0.25, 0.3) is 44.2 Å². The Morgan fingerprint density at radius 2 is 1.52 bits per heavy atom. The maximum atomic E-state index is 12.6. The van der Waals surface area contributed by atoms with E-state index in [1.54, 1.807) is 37.4 Å². The molecule has 1 N–H and O–H groups in total. The van der Waals surface area contributed by atoms with Crippen LogP contribution in [-0.4, -0.2) is 12.2 Å². The molecule has 0 radical (unpaired) electrons. The highest BCUT2D eigenvalue weighted by Gasteiger charge is 2.13. The van der Waals surface area contributed by atoms with Gasteiger partial charge in [0.1, 0.15) is 22.7 Å². The molecule has 6 nitrogen and oxygen atoms in total. The molecule has 5 rings (SSSR count). The number of methoxy groups -OCH3 is 1. The molecule has 3 aromatic carbocycles. The van der Waals surface area contributed by atoms with Crippen LogP contribution in [0.1, 0.15) is 0 Å². The number of hydrogen-bond donors (Lipinski definition) is 1. The minimum Gasteiger partial charge on any atom is -0.508 e. The molecule has 0 bridgehead atoms. The van der Waals surface area contributed by atoms with Crippen molar-refractivity contribution in [1.82, 2.24) is 0 Å². The normalized spacial score (nSPS) is 11.1. The molecule has 0 saturated carbocycles. The maximum absolute atomic E-state index is 12.6. The summed E-state index contributed by atoms with van der Waals surface area (Å²) >= 11 is 0. The zero-order valence-corrected chi connectivity index (χ0v) is 16.4. The highest BCUT2D eigenvalue weighted by molar-refractivity contribution is 5.96. The molecule has 31 heavy (non-hydrogen) atoms. The smallest absolute Gasteiger partial charge is 0.344 e. The van der Waals surface area contributed by atoms with Crippen LogP contribution in [0.3, 0.4) is 0 Å². The second kappa shape index (κ2) is 7.18. The number of phenols is 1. The van der Waals surface area contributed by atoms with Crippen molar-refractivity contribution in [3.05, 3.63) is 93.6 Å². The molecule has 0 aliphatic heterocycles. The summed E-state index contributed by atoms with van der Waals surface area (Å²) in [6, 6.07) is 20.3. The van der Waals surface area contributed by atoms with E-state index in [1.807, 2.05) is 24.3 Å². The number of ether oxygens (including phenoxy) is 1. The van der Waals surface area contributed by atoms with E-state index in [1.165, 1.54) is 18.2 Å². The van der Waals surface area contributed by atoms with Gasteiger partial charge in [-0.15, -0.1) is 0 Å². The Bertz CT molecular complexity index is 1560. The number of rotatable bonds is 3. The third-order valence-electron chi connectivity index (χ3n) is 5.17. The molecule has 0 atom stereocenters. The summed E-state index contributed by atoms with van der Waals surface area (Å²) in [4.78, 5) is 24.7. The average Bonchev–Trinajstić information content (AvgIpc) is 2.78. The van der Waals surface area contributed by atoms with Gasteiger partial charge in [-0.05, 0) is 59.2 Å². The van der Waals surface area contributed by atoms with E-state index in [0.717, 1.165) is 5.56 Å². The lowest BCUT2D eigenvalue weighted by molar-refractivity contribution is 0.415. The van der Waals surface area contributed by atoms with Gasteiger partial charge in [-0.2, -0.15) is 0 Å². The van der Waals surface area contributed by atoms with Gasteiger partial charge in [0.25, 0.3) is 0 Å². The SMILES string of the molecule is COc1ccc(-c2cc(=O)oc3ccc(-c4cc5ccc(O)cc5oc4=O)cc23)cc1. The number of aromatic hydroxyl groups is 1. The van der Waals surface area contributed by atoms with E-state index in [9.17, 15) is 14.7 Å². The molecule has 0 amide bonds. The molecule has 0 aliphatic rings. The predicted octanol–water partition coefficient (Wildman–Crippen LogP) is 4.95. The number of fused-ring (bicyclic) bond motifs is 2. The van der Waals surface area contributed by atoms with Crippen molar-refractivity contribution in [2.75, 3.05) is 7.11 Å². The Hall–Kier alpha value is -4.32. The van der Waals surface area contributed by atoms with Gasteiger partial charge in [-0.3, -0.25) is 0 Å². The van der Waals surface area contributed by atoms with Crippen molar-refractivity contribution in [2.45, 2.75) is 0 Å². The first kappa shape index (κ1) is 18.7. The predicted molar refractivity (Wildman–Crippen MR) is 118 cm³/mol. The first-order chi connectivity index (χ1) is 15.0. The van der Waals surface area contributed by atoms with Crippen LogP contribution in [0, 0.1) is 0 Å². The zero-order valence-electron chi connectivity index (χ0n) is 16.4. The van der Waals surface area contributed by atoms with Crippen LogP contribution in [0.5, 0.6) is 11.5 Å². The highest BCUT2D eigenvalue weighted by Crippen LogP contribution is 2.32. The van der Waals surface area contributed by atoms with E-state index in [4.69, 9.17) is 13.6 Å². The summed E-state index contributed by atoms with van der Waals surface area (Å²) in [5, 5.41) is 11.0. The average molecular weight is 412 g/mol. The van der Waals surface area contributed by atoms with Crippen LogP contribution in [0.2, 0.25) is 0 Å². The fourth-order valence-electron chi connectivity index (χ4n) is 3.64. The molecular formula is C25H16O6. The quantitative estimate of drug-likeness (QED) is 0.422. The maximum Gasteiger partial charge on any atom is 0.344 e. The Balaban J connectivity index is 1.73. The summed E-state index contributed by atoms with van der Waals surface area (Å²) in [6.45, 7) is 0. The van der Waals surface area contributed by atoms with Gasteiger partial charge in [-0.1, -0.05) is 18.2 Å². The summed E-state index contributed by atoms with van der Waals surface area (Å²) in [5.74, 6) is 0.727. The second-order valence-corrected chi connectivity index (χ2v) is 7.09. The molecule has 2 heterocycles. The molecule has 0 aliphatic carbocycles. The highest BCUT2D eigenvalue weighted by atomic mass is 16.5. The van der Waals surface area contributed by atoms with Crippen molar-refractivity contribution < 1.29 is 18.7 Å². The van der Waals surface area contributed by atoms with Gasteiger partial charge in [-0.25, -0.2) is 9.59 Å². The standard InChI is InChI=1S/C25H16O6/c1-29-18-7-3-14(4-8-18)19-13-24(27)30-22-9-5-15(10-21(19)22)20-11-16-2-6-17(26)12-23(16)31-25(20)28/h2-13,26H,1H3. The van der Waals surface area contributed by atoms with E-state index in [-0.39, 0.29) is 5.75 Å². The second-order valence-electron chi connectivity index (χ2n) is 7.09. The van der Waals surface area contributed by atoms with Gasteiger partial charge >= 0.3 is 11.3 Å². The van der Waals surface area contributed by atoms with Crippen LogP contribution in [0.4, 0.5) is 0 Å². The molecule has 2 aromatic heterocycles. The van der Waals surface area contributed by atoms with Gasteiger partial charge in [0.05, 0.1) is 12.7 Å². The van der Waals surface area contributed by atoms with E-state index in [2.05, 4.69) is 0 Å². The largest absolute Gasteiger partial charge is 0.508 e. The Morgan fingerprint density at radius 3 is 2.29 bits per heavy atom. The van der Waals surface area contributed by atoms with Crippen molar-refractivity contribution in [3.8, 4) is 33.8 Å². The van der Waals surface area contributed by atoms with Crippen molar-refractivity contribution in [2.24, 2.45) is 0 Å². The zero-order chi connectivity index (χ0) is 21.5. The Morgan fingerprint density at radius 1 is 0.742 bits per heavy atom. The summed E-state index contributed by atoms with van der Waals surface area (Å²) < 4.78 is 16.0. The summed E-state index contributed by atoms with van der Waals surface area (Å²) in [6.07, 6.45) is 0. The van der Waals surface area contributed by atoms with Crippen LogP contribution >= 0.6 is 0 Å². The third-order valence-corrected chi connectivity index (χ3v) is 5.17. The third kappa shape index (κ3) is 3.34. The summed E-state index contributed by atoms with van der Waals surface area (Å²) in [5.41, 5.74) is 2.23.